The lowest BCUT2D eigenvalue weighted by Gasteiger charge is -2.30. The van der Waals surface area contributed by atoms with Crippen molar-refractivity contribution in [2.45, 2.75) is 45.6 Å². The van der Waals surface area contributed by atoms with Gasteiger partial charge in [-0.15, -0.1) is 9.24 Å². The molecule has 1 atom stereocenters. The van der Waals surface area contributed by atoms with Gasteiger partial charge in [0, 0.05) is 61.9 Å². The van der Waals surface area contributed by atoms with Crippen LogP contribution in [0.1, 0.15) is 44.1 Å². The first-order valence-corrected chi connectivity index (χ1v) is 11.9. The quantitative estimate of drug-likeness (QED) is 0.384. The van der Waals surface area contributed by atoms with Gasteiger partial charge in [0.2, 0.25) is 11.8 Å². The Hall–Kier alpha value is -3.26. The molecule has 1 unspecified atom stereocenters. The Morgan fingerprint density at radius 3 is 2.68 bits per heavy atom. The maximum absolute atomic E-state index is 6.39. The number of aromatic nitrogens is 6. The zero-order chi connectivity index (χ0) is 23.8. The molecule has 1 aliphatic rings. The molecule has 5 heterocycles. The summed E-state index contributed by atoms with van der Waals surface area (Å²) in [6.07, 6.45) is 5.29. The third-order valence-electron chi connectivity index (χ3n) is 6.00. The second-order valence-electron chi connectivity index (χ2n) is 8.69. The average Bonchev–Trinajstić information content (AvgIpc) is 3.45. The Morgan fingerprint density at radius 2 is 2.00 bits per heavy atom. The number of piperidine rings is 1. The summed E-state index contributed by atoms with van der Waals surface area (Å²) in [6, 6.07) is 4.32. The van der Waals surface area contributed by atoms with E-state index in [1.165, 1.54) is 0 Å². The zero-order valence-electron chi connectivity index (χ0n) is 19.7. The van der Waals surface area contributed by atoms with Gasteiger partial charge < -0.3 is 18.9 Å². The molecule has 178 valence electrons. The summed E-state index contributed by atoms with van der Waals surface area (Å²) in [7, 11) is 4.34. The minimum Gasteiger partial charge on any atom is -0.481 e. The maximum Gasteiger partial charge on any atom is 0.324 e. The van der Waals surface area contributed by atoms with Gasteiger partial charge in [-0.1, -0.05) is 19.0 Å². The molecule has 0 radical (unpaired) electrons. The van der Waals surface area contributed by atoms with E-state index in [1.54, 1.807) is 24.0 Å². The van der Waals surface area contributed by atoms with E-state index >= 15 is 0 Å². The molecule has 0 N–H and O–H groups in total. The van der Waals surface area contributed by atoms with Crippen molar-refractivity contribution >= 4 is 26.2 Å². The van der Waals surface area contributed by atoms with Gasteiger partial charge in [-0.3, -0.25) is 0 Å². The standard InChI is InChI=1S/C23H28N7O3P/c1-13(2)21-26-23(33-28-21)29-9-6-15(7-10-29)32-19-5-8-24-22-20(14(3)27-30(19)22)16-12-25-18(31-4)11-17(16)34/h5,8,11-13,15H,6-7,9-10,34H2,1-4H3. The lowest BCUT2D eigenvalue weighted by molar-refractivity contribution is 0.157. The zero-order valence-corrected chi connectivity index (χ0v) is 20.9. The van der Waals surface area contributed by atoms with E-state index in [4.69, 9.17) is 19.1 Å². The topological polar surface area (TPSA) is 104 Å². The van der Waals surface area contributed by atoms with Crippen LogP contribution in [0, 0.1) is 6.92 Å². The van der Waals surface area contributed by atoms with Gasteiger partial charge in [-0.25, -0.2) is 9.97 Å². The first kappa shape index (κ1) is 22.5. The maximum atomic E-state index is 6.39. The summed E-state index contributed by atoms with van der Waals surface area (Å²) < 4.78 is 18.9. The van der Waals surface area contributed by atoms with Gasteiger partial charge in [0.15, 0.2) is 11.5 Å². The van der Waals surface area contributed by atoms with Crippen molar-refractivity contribution in [2.75, 3.05) is 25.1 Å². The van der Waals surface area contributed by atoms with E-state index < -0.39 is 0 Å². The van der Waals surface area contributed by atoms with Crippen LogP contribution < -0.4 is 19.7 Å². The van der Waals surface area contributed by atoms with Crippen LogP contribution in [-0.2, 0) is 0 Å². The molecular formula is C23H28N7O3P. The Balaban J connectivity index is 1.35. The van der Waals surface area contributed by atoms with Crippen molar-refractivity contribution < 1.29 is 14.0 Å². The van der Waals surface area contributed by atoms with Crippen LogP contribution in [-0.4, -0.2) is 56.0 Å². The van der Waals surface area contributed by atoms with Crippen LogP contribution in [0.25, 0.3) is 16.8 Å². The molecule has 1 fully saturated rings. The number of hydrogen-bond donors (Lipinski definition) is 0. The number of anilines is 1. The van der Waals surface area contributed by atoms with Gasteiger partial charge in [0.05, 0.1) is 18.4 Å². The minimum atomic E-state index is 0.0576. The fraction of sp³-hybridized carbons (Fsp3) is 0.435. The van der Waals surface area contributed by atoms with E-state index in [1.807, 2.05) is 19.1 Å². The lowest BCUT2D eigenvalue weighted by Crippen LogP contribution is -2.38. The molecule has 10 nitrogen and oxygen atoms in total. The second-order valence-corrected chi connectivity index (χ2v) is 9.31. The van der Waals surface area contributed by atoms with Gasteiger partial charge >= 0.3 is 6.01 Å². The molecule has 1 aliphatic heterocycles. The first-order chi connectivity index (χ1) is 16.4. The fourth-order valence-electron chi connectivity index (χ4n) is 4.13. The third-order valence-corrected chi connectivity index (χ3v) is 6.47. The number of methoxy groups -OCH3 is 1. The lowest BCUT2D eigenvalue weighted by atomic mass is 10.1. The van der Waals surface area contributed by atoms with E-state index in [9.17, 15) is 0 Å². The number of nitrogens with zero attached hydrogens (tertiary/aromatic N) is 7. The van der Waals surface area contributed by atoms with Crippen molar-refractivity contribution in [3.63, 3.8) is 0 Å². The molecule has 0 amide bonds. The van der Waals surface area contributed by atoms with Gasteiger partial charge in [-0.05, 0) is 12.2 Å². The summed E-state index contributed by atoms with van der Waals surface area (Å²) >= 11 is 0. The highest BCUT2D eigenvalue weighted by molar-refractivity contribution is 7.28. The Labute approximate surface area is 199 Å². The SMILES string of the molecule is COc1cc(P)c(-c2c(C)nn3c(OC4CCN(c5nc(C(C)C)no5)CC4)ccnc23)cn1. The van der Waals surface area contributed by atoms with E-state index in [0.717, 1.165) is 59.5 Å². The van der Waals surface area contributed by atoms with Crippen LogP contribution in [0.3, 0.4) is 0 Å². The van der Waals surface area contributed by atoms with Gasteiger partial charge in [0.25, 0.3) is 0 Å². The fourth-order valence-corrected chi connectivity index (χ4v) is 4.49. The van der Waals surface area contributed by atoms with E-state index in [2.05, 4.69) is 48.1 Å². The van der Waals surface area contributed by atoms with Crippen LogP contribution >= 0.6 is 9.24 Å². The molecule has 0 aromatic carbocycles. The number of aryl methyl sites for hydroxylation is 1. The summed E-state index contributed by atoms with van der Waals surface area (Å²) in [5.74, 6) is 2.21. The largest absolute Gasteiger partial charge is 0.481 e. The van der Waals surface area contributed by atoms with Crippen LogP contribution in [0.2, 0.25) is 0 Å². The minimum absolute atomic E-state index is 0.0576. The molecular weight excluding hydrogens is 453 g/mol. The van der Waals surface area contributed by atoms with Crippen LogP contribution in [0.4, 0.5) is 6.01 Å². The Bertz CT molecular complexity index is 1310. The van der Waals surface area contributed by atoms with Crippen LogP contribution in [0.15, 0.2) is 29.0 Å². The third kappa shape index (κ3) is 4.18. The molecule has 34 heavy (non-hydrogen) atoms. The number of hydrogen-bond acceptors (Lipinski definition) is 9. The van der Waals surface area contributed by atoms with E-state index in [-0.39, 0.29) is 12.0 Å². The number of rotatable bonds is 6. The predicted molar refractivity (Wildman–Crippen MR) is 131 cm³/mol. The monoisotopic (exact) mass is 481 g/mol. The Kier molecular flexibility index (Phi) is 6.08. The summed E-state index contributed by atoms with van der Waals surface area (Å²) in [5, 5.41) is 9.78. The molecule has 0 aliphatic carbocycles. The molecule has 0 bridgehead atoms. The van der Waals surface area contributed by atoms with Crippen molar-refractivity contribution in [3.8, 4) is 22.9 Å². The molecule has 0 spiro atoms. The molecule has 11 heteroatoms. The van der Waals surface area contributed by atoms with Gasteiger partial charge in [-0.2, -0.15) is 14.6 Å². The highest BCUT2D eigenvalue weighted by Crippen LogP contribution is 2.30. The first-order valence-electron chi connectivity index (χ1n) is 11.3. The highest BCUT2D eigenvalue weighted by Gasteiger charge is 2.26. The average molecular weight is 481 g/mol. The summed E-state index contributed by atoms with van der Waals surface area (Å²) in [6.45, 7) is 7.65. The van der Waals surface area contributed by atoms with Gasteiger partial charge in [0.1, 0.15) is 6.10 Å². The molecule has 0 saturated carbocycles. The highest BCUT2D eigenvalue weighted by atomic mass is 31.0. The summed E-state index contributed by atoms with van der Waals surface area (Å²) in [4.78, 5) is 15.6. The number of pyridine rings is 1. The van der Waals surface area contributed by atoms with Crippen molar-refractivity contribution in [1.29, 1.82) is 0 Å². The predicted octanol–water partition coefficient (Wildman–Crippen LogP) is 3.16. The Morgan fingerprint density at radius 1 is 1.21 bits per heavy atom. The van der Waals surface area contributed by atoms with E-state index in [0.29, 0.717) is 17.8 Å². The second kappa shape index (κ2) is 9.18. The van der Waals surface area contributed by atoms with Crippen molar-refractivity contribution in [1.82, 2.24) is 29.7 Å². The van der Waals surface area contributed by atoms with Crippen molar-refractivity contribution in [2.24, 2.45) is 0 Å². The molecule has 5 rings (SSSR count). The van der Waals surface area contributed by atoms with Crippen LogP contribution in [0.5, 0.6) is 11.8 Å². The number of fused-ring (bicyclic) bond motifs is 1. The molecule has 4 aromatic rings. The normalized spacial score (nSPS) is 14.8. The molecule has 1 saturated heterocycles. The molecule has 4 aromatic heterocycles. The summed E-state index contributed by atoms with van der Waals surface area (Å²) in [5.41, 5.74) is 3.45. The number of ether oxygens (including phenoxy) is 2. The van der Waals surface area contributed by atoms with Crippen molar-refractivity contribution in [3.05, 3.63) is 36.0 Å². The smallest absolute Gasteiger partial charge is 0.324 e.